The highest BCUT2D eigenvalue weighted by molar-refractivity contribution is 5.45. The average Bonchev–Trinajstić information content (AvgIpc) is 2.23. The fraction of sp³-hybridized carbons (Fsp3) is 0.714. The van der Waals surface area contributed by atoms with Crippen molar-refractivity contribution in [1.29, 1.82) is 0 Å². The van der Waals surface area contributed by atoms with E-state index in [0.717, 1.165) is 18.2 Å². The molecule has 1 atom stereocenters. The standard InChI is InChI=1S/C14H26N4/c1-9(2)10(3)8-16-12-7-11(15)17-13(18-12)14(4,5)6/h7,9-10H,8H2,1-6H3,(H3,15,16,17,18). The van der Waals surface area contributed by atoms with Gasteiger partial charge in [-0.15, -0.1) is 0 Å². The lowest BCUT2D eigenvalue weighted by Crippen LogP contribution is -2.20. The first-order valence-electron chi connectivity index (χ1n) is 6.59. The Kier molecular flexibility index (Phi) is 4.54. The van der Waals surface area contributed by atoms with Crippen molar-refractivity contribution in [3.63, 3.8) is 0 Å². The highest BCUT2D eigenvalue weighted by atomic mass is 15.1. The molecule has 1 heterocycles. The number of hydrogen-bond donors (Lipinski definition) is 2. The molecule has 0 saturated carbocycles. The molecule has 102 valence electrons. The highest BCUT2D eigenvalue weighted by Gasteiger charge is 2.18. The monoisotopic (exact) mass is 250 g/mol. The molecule has 18 heavy (non-hydrogen) atoms. The molecule has 3 N–H and O–H groups in total. The van der Waals surface area contributed by atoms with Gasteiger partial charge in [-0.1, -0.05) is 41.5 Å². The first-order chi connectivity index (χ1) is 8.20. The molecule has 0 radical (unpaired) electrons. The van der Waals surface area contributed by atoms with Crippen LogP contribution in [0, 0.1) is 11.8 Å². The Morgan fingerprint density at radius 3 is 2.33 bits per heavy atom. The largest absolute Gasteiger partial charge is 0.384 e. The normalized spacial score (nSPS) is 13.7. The Bertz CT molecular complexity index is 393. The Morgan fingerprint density at radius 1 is 1.22 bits per heavy atom. The third kappa shape index (κ3) is 4.17. The molecule has 0 fully saturated rings. The SMILES string of the molecule is CC(C)C(C)CNc1cc(N)nc(C(C)(C)C)n1. The van der Waals surface area contributed by atoms with E-state index in [1.165, 1.54) is 0 Å². The summed E-state index contributed by atoms with van der Waals surface area (Å²) in [4.78, 5) is 8.83. The van der Waals surface area contributed by atoms with Crippen LogP contribution >= 0.6 is 0 Å². The van der Waals surface area contributed by atoms with Crippen LogP contribution in [0.15, 0.2) is 6.07 Å². The Morgan fingerprint density at radius 2 is 1.83 bits per heavy atom. The number of nitrogens with two attached hydrogens (primary N) is 1. The Labute approximate surface area is 110 Å². The summed E-state index contributed by atoms with van der Waals surface area (Å²) in [5, 5.41) is 3.35. The fourth-order valence-electron chi connectivity index (χ4n) is 1.39. The van der Waals surface area contributed by atoms with Crippen molar-refractivity contribution in [2.75, 3.05) is 17.6 Å². The molecule has 0 aliphatic carbocycles. The molecule has 0 amide bonds. The molecule has 1 rings (SSSR count). The van der Waals surface area contributed by atoms with Gasteiger partial charge in [0.25, 0.3) is 0 Å². The molecular weight excluding hydrogens is 224 g/mol. The van der Waals surface area contributed by atoms with Gasteiger partial charge in [-0.3, -0.25) is 0 Å². The van der Waals surface area contributed by atoms with Crippen molar-refractivity contribution in [3.8, 4) is 0 Å². The maximum Gasteiger partial charge on any atom is 0.138 e. The number of nitrogens with one attached hydrogen (secondary N) is 1. The van der Waals surface area contributed by atoms with Crippen LogP contribution in [-0.4, -0.2) is 16.5 Å². The van der Waals surface area contributed by atoms with E-state index in [-0.39, 0.29) is 5.41 Å². The van der Waals surface area contributed by atoms with Crippen LogP contribution in [0.2, 0.25) is 0 Å². The molecule has 1 aromatic heterocycles. The number of rotatable bonds is 4. The predicted octanol–water partition coefficient (Wildman–Crippen LogP) is 3.06. The van der Waals surface area contributed by atoms with Gasteiger partial charge in [0.2, 0.25) is 0 Å². The summed E-state index contributed by atoms with van der Waals surface area (Å²) in [6, 6.07) is 1.79. The van der Waals surface area contributed by atoms with Gasteiger partial charge < -0.3 is 11.1 Å². The van der Waals surface area contributed by atoms with E-state index in [0.29, 0.717) is 17.7 Å². The quantitative estimate of drug-likeness (QED) is 0.862. The van der Waals surface area contributed by atoms with Gasteiger partial charge in [0, 0.05) is 18.0 Å². The summed E-state index contributed by atoms with van der Waals surface area (Å²) in [6.07, 6.45) is 0. The van der Waals surface area contributed by atoms with E-state index in [1.807, 2.05) is 0 Å². The molecular formula is C14H26N4. The zero-order valence-corrected chi connectivity index (χ0v) is 12.4. The Hall–Kier alpha value is -1.32. The van der Waals surface area contributed by atoms with E-state index in [1.54, 1.807) is 6.07 Å². The number of nitrogens with zero attached hydrogens (tertiary/aromatic N) is 2. The van der Waals surface area contributed by atoms with Crippen LogP contribution in [0.25, 0.3) is 0 Å². The smallest absolute Gasteiger partial charge is 0.138 e. The molecule has 0 bridgehead atoms. The van der Waals surface area contributed by atoms with Crippen molar-refractivity contribution < 1.29 is 0 Å². The van der Waals surface area contributed by atoms with Gasteiger partial charge in [-0.25, -0.2) is 9.97 Å². The maximum atomic E-state index is 5.83. The lowest BCUT2D eigenvalue weighted by Gasteiger charge is -2.20. The van der Waals surface area contributed by atoms with Gasteiger partial charge in [0.05, 0.1) is 0 Å². The van der Waals surface area contributed by atoms with E-state index >= 15 is 0 Å². The van der Waals surface area contributed by atoms with Crippen LogP contribution in [0.5, 0.6) is 0 Å². The molecule has 4 nitrogen and oxygen atoms in total. The van der Waals surface area contributed by atoms with Gasteiger partial charge in [0.1, 0.15) is 17.5 Å². The average molecular weight is 250 g/mol. The third-order valence-corrected chi connectivity index (χ3v) is 3.16. The first-order valence-corrected chi connectivity index (χ1v) is 6.59. The number of nitrogen functional groups attached to an aromatic ring is 1. The van der Waals surface area contributed by atoms with Crippen LogP contribution in [0.4, 0.5) is 11.6 Å². The van der Waals surface area contributed by atoms with Gasteiger partial charge in [-0.2, -0.15) is 0 Å². The molecule has 1 aromatic rings. The summed E-state index contributed by atoms with van der Waals surface area (Å²) in [6.45, 7) is 13.8. The minimum atomic E-state index is -0.0878. The van der Waals surface area contributed by atoms with Gasteiger partial charge in [-0.05, 0) is 11.8 Å². The first kappa shape index (κ1) is 14.7. The van der Waals surface area contributed by atoms with E-state index in [2.05, 4.69) is 56.8 Å². The van der Waals surface area contributed by atoms with Crippen LogP contribution in [0.3, 0.4) is 0 Å². The fourth-order valence-corrected chi connectivity index (χ4v) is 1.39. The molecule has 4 heteroatoms. The Balaban J connectivity index is 2.81. The topological polar surface area (TPSA) is 63.8 Å². The van der Waals surface area contributed by atoms with Crippen LogP contribution in [0.1, 0.15) is 47.4 Å². The van der Waals surface area contributed by atoms with E-state index in [4.69, 9.17) is 5.73 Å². The van der Waals surface area contributed by atoms with Crippen molar-refractivity contribution >= 4 is 11.6 Å². The van der Waals surface area contributed by atoms with Crippen molar-refractivity contribution in [2.45, 2.75) is 47.0 Å². The van der Waals surface area contributed by atoms with Gasteiger partial charge in [0.15, 0.2) is 0 Å². The summed E-state index contributed by atoms with van der Waals surface area (Å²) in [5.74, 6) is 3.37. The minimum Gasteiger partial charge on any atom is -0.384 e. The van der Waals surface area contributed by atoms with Crippen molar-refractivity contribution in [1.82, 2.24) is 9.97 Å². The molecule has 0 saturated heterocycles. The van der Waals surface area contributed by atoms with Crippen LogP contribution in [-0.2, 0) is 5.41 Å². The van der Waals surface area contributed by atoms with Crippen LogP contribution < -0.4 is 11.1 Å². The minimum absolute atomic E-state index is 0.0878. The van der Waals surface area contributed by atoms with Crippen molar-refractivity contribution in [2.24, 2.45) is 11.8 Å². The zero-order chi connectivity index (χ0) is 13.9. The summed E-state index contributed by atoms with van der Waals surface area (Å²) < 4.78 is 0. The summed E-state index contributed by atoms with van der Waals surface area (Å²) in [5.41, 5.74) is 5.74. The predicted molar refractivity (Wildman–Crippen MR) is 77.6 cm³/mol. The second kappa shape index (κ2) is 5.55. The number of anilines is 2. The maximum absolute atomic E-state index is 5.83. The van der Waals surface area contributed by atoms with E-state index < -0.39 is 0 Å². The molecule has 0 aromatic carbocycles. The van der Waals surface area contributed by atoms with Crippen molar-refractivity contribution in [3.05, 3.63) is 11.9 Å². The zero-order valence-electron chi connectivity index (χ0n) is 12.4. The summed E-state index contributed by atoms with van der Waals surface area (Å²) >= 11 is 0. The number of aromatic nitrogens is 2. The summed E-state index contributed by atoms with van der Waals surface area (Å²) in [7, 11) is 0. The number of hydrogen-bond acceptors (Lipinski definition) is 4. The third-order valence-electron chi connectivity index (χ3n) is 3.16. The van der Waals surface area contributed by atoms with Gasteiger partial charge >= 0.3 is 0 Å². The second-order valence-electron chi connectivity index (χ2n) is 6.35. The highest BCUT2D eigenvalue weighted by Crippen LogP contribution is 2.21. The lowest BCUT2D eigenvalue weighted by atomic mass is 9.95. The van der Waals surface area contributed by atoms with E-state index in [9.17, 15) is 0 Å². The molecule has 1 unspecified atom stereocenters. The lowest BCUT2D eigenvalue weighted by molar-refractivity contribution is 0.439. The second-order valence-corrected chi connectivity index (χ2v) is 6.35. The molecule has 0 aliphatic heterocycles. The molecule has 0 spiro atoms. The molecule has 0 aliphatic rings.